The van der Waals surface area contributed by atoms with E-state index in [4.69, 9.17) is 23.2 Å². The average molecular weight is 368 g/mol. The van der Waals surface area contributed by atoms with Gasteiger partial charge in [-0.15, -0.1) is 13.2 Å². The van der Waals surface area contributed by atoms with Gasteiger partial charge in [0.1, 0.15) is 0 Å². The van der Waals surface area contributed by atoms with Crippen molar-refractivity contribution in [3.05, 3.63) is 90.6 Å². The first-order valence-corrected chi connectivity index (χ1v) is 7.77. The summed E-state index contributed by atoms with van der Waals surface area (Å²) in [6.45, 7) is 6.85. The van der Waals surface area contributed by atoms with Crippen molar-refractivity contribution in [2.24, 2.45) is 0 Å². The molecule has 0 N–H and O–H groups in total. The van der Waals surface area contributed by atoms with E-state index in [2.05, 4.69) is 13.2 Å². The lowest BCUT2D eigenvalue weighted by Gasteiger charge is -2.13. The monoisotopic (exact) mass is 367 g/mol. The molecule has 0 amide bonds. The Morgan fingerprint density at radius 1 is 0.833 bits per heavy atom. The van der Waals surface area contributed by atoms with Crippen LogP contribution in [-0.2, 0) is 19.6 Å². The first-order chi connectivity index (χ1) is 11.4. The standard InChI is InChI=1S/C16H15Cl2N3O3/c1-3-8-19-14(22)20(9-4-2)16(24)21(15(19)23)10-11-12(17)6-5-7-13(11)18/h3-7H,1-2,8-10H2. The maximum absolute atomic E-state index is 12.5. The third-order valence-corrected chi connectivity index (χ3v) is 4.09. The molecule has 0 aliphatic rings. The molecule has 0 aliphatic heterocycles. The van der Waals surface area contributed by atoms with Crippen molar-refractivity contribution in [2.75, 3.05) is 0 Å². The second kappa shape index (κ2) is 7.51. The Morgan fingerprint density at radius 2 is 1.25 bits per heavy atom. The molecule has 0 radical (unpaired) electrons. The van der Waals surface area contributed by atoms with Crippen molar-refractivity contribution >= 4 is 23.2 Å². The van der Waals surface area contributed by atoms with E-state index in [1.807, 2.05) is 0 Å². The van der Waals surface area contributed by atoms with Crippen molar-refractivity contribution in [3.63, 3.8) is 0 Å². The maximum Gasteiger partial charge on any atom is 0.336 e. The summed E-state index contributed by atoms with van der Waals surface area (Å²) < 4.78 is 2.76. The summed E-state index contributed by atoms with van der Waals surface area (Å²) in [5, 5.41) is 0.649. The van der Waals surface area contributed by atoms with Crippen LogP contribution in [0.1, 0.15) is 5.56 Å². The van der Waals surface area contributed by atoms with Gasteiger partial charge in [-0.05, 0) is 12.1 Å². The molecule has 1 aromatic carbocycles. The Hall–Kier alpha value is -2.31. The van der Waals surface area contributed by atoms with Crippen LogP contribution in [0.3, 0.4) is 0 Å². The van der Waals surface area contributed by atoms with Crippen LogP contribution < -0.4 is 17.1 Å². The van der Waals surface area contributed by atoms with Gasteiger partial charge in [0.25, 0.3) is 0 Å². The molecule has 0 saturated carbocycles. The highest BCUT2D eigenvalue weighted by Gasteiger charge is 2.16. The second-order valence-electron chi connectivity index (χ2n) is 4.93. The van der Waals surface area contributed by atoms with Gasteiger partial charge in [-0.1, -0.05) is 41.4 Å². The summed E-state index contributed by atoms with van der Waals surface area (Å²) in [7, 11) is 0. The fourth-order valence-electron chi connectivity index (χ4n) is 2.23. The molecule has 8 heteroatoms. The summed E-state index contributed by atoms with van der Waals surface area (Å²) in [6.07, 6.45) is 2.80. The first kappa shape index (κ1) is 18.0. The third kappa shape index (κ3) is 3.29. The van der Waals surface area contributed by atoms with Crippen LogP contribution >= 0.6 is 23.2 Å². The summed E-state index contributed by atoms with van der Waals surface area (Å²) in [5.74, 6) is 0. The molecule has 0 spiro atoms. The van der Waals surface area contributed by atoms with Crippen molar-refractivity contribution in [3.8, 4) is 0 Å². The Kier molecular flexibility index (Phi) is 5.64. The Morgan fingerprint density at radius 3 is 1.67 bits per heavy atom. The highest BCUT2D eigenvalue weighted by molar-refractivity contribution is 6.35. The van der Waals surface area contributed by atoms with E-state index in [1.54, 1.807) is 18.2 Å². The molecule has 2 rings (SSSR count). The van der Waals surface area contributed by atoms with Gasteiger partial charge in [-0.3, -0.25) is 0 Å². The second-order valence-corrected chi connectivity index (χ2v) is 5.75. The number of benzene rings is 1. The maximum atomic E-state index is 12.5. The molecule has 1 aromatic heterocycles. The highest BCUT2D eigenvalue weighted by atomic mass is 35.5. The number of nitrogens with zero attached hydrogens (tertiary/aromatic N) is 3. The zero-order valence-electron chi connectivity index (χ0n) is 12.7. The zero-order chi connectivity index (χ0) is 17.9. The van der Waals surface area contributed by atoms with Crippen LogP contribution in [0.25, 0.3) is 0 Å². The Bertz CT molecular complexity index is 901. The lowest BCUT2D eigenvalue weighted by Crippen LogP contribution is -2.54. The van der Waals surface area contributed by atoms with E-state index < -0.39 is 17.1 Å². The first-order valence-electron chi connectivity index (χ1n) is 7.01. The molecular formula is C16H15Cl2N3O3. The lowest BCUT2D eigenvalue weighted by molar-refractivity contribution is 0.498. The van der Waals surface area contributed by atoms with E-state index in [9.17, 15) is 14.4 Å². The summed E-state index contributed by atoms with van der Waals surface area (Å²) in [6, 6.07) is 4.87. The number of halogens is 2. The predicted molar refractivity (Wildman–Crippen MR) is 95.2 cm³/mol. The minimum Gasteiger partial charge on any atom is -0.247 e. The molecule has 0 aliphatic carbocycles. The topological polar surface area (TPSA) is 66.0 Å². The predicted octanol–water partition coefficient (Wildman–Crippen LogP) is 1.90. The largest absolute Gasteiger partial charge is 0.336 e. The van der Waals surface area contributed by atoms with E-state index in [1.165, 1.54) is 12.2 Å². The molecule has 1 heterocycles. The fourth-order valence-corrected chi connectivity index (χ4v) is 2.75. The number of rotatable bonds is 6. The molecule has 0 bridgehead atoms. The molecule has 126 valence electrons. The van der Waals surface area contributed by atoms with E-state index in [0.29, 0.717) is 15.6 Å². The number of hydrogen-bond donors (Lipinski definition) is 0. The quantitative estimate of drug-likeness (QED) is 0.732. The van der Waals surface area contributed by atoms with Gasteiger partial charge in [-0.25, -0.2) is 28.1 Å². The molecule has 0 unspecified atom stereocenters. The smallest absolute Gasteiger partial charge is 0.247 e. The average Bonchev–Trinajstić information content (AvgIpc) is 2.54. The highest BCUT2D eigenvalue weighted by Crippen LogP contribution is 2.24. The number of allylic oxidation sites excluding steroid dienone is 2. The van der Waals surface area contributed by atoms with E-state index in [-0.39, 0.29) is 19.6 Å². The summed E-state index contributed by atoms with van der Waals surface area (Å²) in [4.78, 5) is 37.4. The SMILES string of the molecule is C=CCn1c(=O)n(CC=C)c(=O)n(Cc2c(Cl)cccc2Cl)c1=O. The summed E-state index contributed by atoms with van der Waals surface area (Å²) >= 11 is 12.2. The van der Waals surface area contributed by atoms with Gasteiger partial charge in [0, 0.05) is 15.6 Å². The number of aromatic nitrogens is 3. The molecular weight excluding hydrogens is 353 g/mol. The van der Waals surface area contributed by atoms with Crippen molar-refractivity contribution in [1.82, 2.24) is 13.7 Å². The van der Waals surface area contributed by atoms with E-state index >= 15 is 0 Å². The van der Waals surface area contributed by atoms with Gasteiger partial charge in [0.2, 0.25) is 0 Å². The van der Waals surface area contributed by atoms with Gasteiger partial charge in [0.15, 0.2) is 0 Å². The molecule has 2 aromatic rings. The molecule has 24 heavy (non-hydrogen) atoms. The van der Waals surface area contributed by atoms with Gasteiger partial charge in [0.05, 0.1) is 19.6 Å². The van der Waals surface area contributed by atoms with E-state index in [0.717, 1.165) is 13.7 Å². The fraction of sp³-hybridized carbons (Fsp3) is 0.188. The van der Waals surface area contributed by atoms with Gasteiger partial charge < -0.3 is 0 Å². The molecule has 0 atom stereocenters. The van der Waals surface area contributed by atoms with Crippen LogP contribution in [0, 0.1) is 0 Å². The number of hydrogen-bond acceptors (Lipinski definition) is 3. The van der Waals surface area contributed by atoms with Crippen LogP contribution in [0.5, 0.6) is 0 Å². The van der Waals surface area contributed by atoms with Crippen LogP contribution in [0.2, 0.25) is 10.0 Å². The minimum absolute atomic E-state index is 0.0225. The lowest BCUT2D eigenvalue weighted by atomic mass is 10.2. The summed E-state index contributed by atoms with van der Waals surface area (Å²) in [5.41, 5.74) is -1.79. The Balaban J connectivity index is 2.76. The van der Waals surface area contributed by atoms with Gasteiger partial charge >= 0.3 is 17.1 Å². The Labute approximate surface area is 147 Å². The zero-order valence-corrected chi connectivity index (χ0v) is 14.3. The normalized spacial score (nSPS) is 10.6. The minimum atomic E-state index is -0.749. The molecule has 6 nitrogen and oxygen atoms in total. The molecule has 0 saturated heterocycles. The van der Waals surface area contributed by atoms with Crippen molar-refractivity contribution in [2.45, 2.75) is 19.6 Å². The van der Waals surface area contributed by atoms with Gasteiger partial charge in [-0.2, -0.15) is 0 Å². The van der Waals surface area contributed by atoms with Crippen LogP contribution in [-0.4, -0.2) is 13.7 Å². The van der Waals surface area contributed by atoms with Crippen LogP contribution in [0.4, 0.5) is 0 Å². The van der Waals surface area contributed by atoms with Crippen molar-refractivity contribution < 1.29 is 0 Å². The third-order valence-electron chi connectivity index (χ3n) is 3.39. The van der Waals surface area contributed by atoms with Crippen molar-refractivity contribution in [1.29, 1.82) is 0 Å². The van der Waals surface area contributed by atoms with Crippen LogP contribution in [0.15, 0.2) is 57.9 Å². The molecule has 0 fully saturated rings.